The Morgan fingerprint density at radius 2 is 2.14 bits per heavy atom. The van der Waals surface area contributed by atoms with E-state index in [0.29, 0.717) is 0 Å². The van der Waals surface area contributed by atoms with E-state index in [0.717, 1.165) is 0 Å². The zero-order valence-electron chi connectivity index (χ0n) is 4.39. The fraction of sp³-hybridized carbons (Fsp3) is 1.00. The second-order valence-electron chi connectivity index (χ2n) is 1.86. The van der Waals surface area contributed by atoms with Gasteiger partial charge in [0, 0.05) is 6.54 Å². The van der Waals surface area contributed by atoms with Crippen LogP contribution >= 0.6 is 0 Å². The fourth-order valence-electron chi connectivity index (χ4n) is 0.0645. The minimum absolute atomic E-state index is 0.101. The van der Waals surface area contributed by atoms with Gasteiger partial charge in [-0.15, -0.1) is 0 Å². The molecule has 0 aliphatic rings. The molecule has 0 aliphatic carbocycles. The van der Waals surface area contributed by atoms with Gasteiger partial charge in [0.25, 0.3) is 0 Å². The van der Waals surface area contributed by atoms with Gasteiger partial charge in [0.15, 0.2) is 0 Å². The van der Waals surface area contributed by atoms with Crippen molar-refractivity contribution in [2.75, 3.05) is 13.2 Å². The molecular formula is C4H11NO2. The molecule has 0 amide bonds. The lowest BCUT2D eigenvalue weighted by atomic mass is 10.1. The molecule has 0 aromatic carbocycles. The third-order valence-electron chi connectivity index (χ3n) is 0.780. The van der Waals surface area contributed by atoms with Crippen molar-refractivity contribution in [2.45, 2.75) is 12.5 Å². The van der Waals surface area contributed by atoms with Crippen molar-refractivity contribution < 1.29 is 10.2 Å². The molecule has 0 rings (SSSR count). The van der Waals surface area contributed by atoms with Crippen LogP contribution in [0.5, 0.6) is 0 Å². The standard InChI is InChI=1S/C4H11NO2/c1-4(7,2-5)3-6/h6-7H,2-3,5H2,1H3. The highest BCUT2D eigenvalue weighted by Gasteiger charge is 2.14. The van der Waals surface area contributed by atoms with Crippen LogP contribution < -0.4 is 5.73 Å². The van der Waals surface area contributed by atoms with E-state index in [1.807, 2.05) is 0 Å². The van der Waals surface area contributed by atoms with E-state index in [2.05, 4.69) is 0 Å². The first kappa shape index (κ1) is 6.88. The number of hydrogen-bond donors (Lipinski definition) is 3. The number of hydrogen-bond acceptors (Lipinski definition) is 3. The van der Waals surface area contributed by atoms with Crippen molar-refractivity contribution in [1.82, 2.24) is 0 Å². The molecule has 7 heavy (non-hydrogen) atoms. The molecule has 0 aromatic rings. The third kappa shape index (κ3) is 2.56. The van der Waals surface area contributed by atoms with Crippen LogP contribution in [0.2, 0.25) is 0 Å². The lowest BCUT2D eigenvalue weighted by molar-refractivity contribution is 0.00972. The molecule has 1 unspecified atom stereocenters. The minimum Gasteiger partial charge on any atom is -0.393 e. The number of nitrogens with two attached hydrogens (primary N) is 1. The predicted molar refractivity (Wildman–Crippen MR) is 26.8 cm³/mol. The van der Waals surface area contributed by atoms with Crippen molar-refractivity contribution in [2.24, 2.45) is 5.73 Å². The van der Waals surface area contributed by atoms with Crippen LogP contribution in [0.4, 0.5) is 0 Å². The van der Waals surface area contributed by atoms with Gasteiger partial charge in [-0.1, -0.05) is 0 Å². The van der Waals surface area contributed by atoms with Gasteiger partial charge in [0.2, 0.25) is 0 Å². The summed E-state index contributed by atoms with van der Waals surface area (Å²) in [5.41, 5.74) is 3.92. The summed E-state index contributed by atoms with van der Waals surface area (Å²) in [5.74, 6) is 0. The van der Waals surface area contributed by atoms with Gasteiger partial charge in [-0.05, 0) is 6.92 Å². The number of aliphatic hydroxyl groups excluding tert-OH is 1. The van der Waals surface area contributed by atoms with Gasteiger partial charge in [0.1, 0.15) is 0 Å². The maximum Gasteiger partial charge on any atom is 0.0970 e. The number of rotatable bonds is 2. The van der Waals surface area contributed by atoms with Crippen molar-refractivity contribution in [3.8, 4) is 0 Å². The Bertz CT molecular complexity index is 47.7. The van der Waals surface area contributed by atoms with E-state index in [-0.39, 0.29) is 13.2 Å². The lowest BCUT2D eigenvalue weighted by Crippen LogP contribution is -2.37. The summed E-state index contributed by atoms with van der Waals surface area (Å²) in [4.78, 5) is 0. The topological polar surface area (TPSA) is 66.5 Å². The summed E-state index contributed by atoms with van der Waals surface area (Å²) < 4.78 is 0. The molecule has 4 N–H and O–H groups in total. The van der Waals surface area contributed by atoms with Gasteiger partial charge in [-0.3, -0.25) is 0 Å². The molecule has 0 saturated carbocycles. The van der Waals surface area contributed by atoms with E-state index < -0.39 is 5.60 Å². The molecule has 0 fully saturated rings. The Morgan fingerprint density at radius 1 is 1.71 bits per heavy atom. The van der Waals surface area contributed by atoms with Crippen LogP contribution in [0.25, 0.3) is 0 Å². The molecule has 3 heteroatoms. The van der Waals surface area contributed by atoms with Crippen LogP contribution in [0, 0.1) is 0 Å². The molecule has 44 valence electrons. The van der Waals surface area contributed by atoms with Gasteiger partial charge >= 0.3 is 0 Å². The van der Waals surface area contributed by atoms with Crippen LogP contribution in [0.3, 0.4) is 0 Å². The van der Waals surface area contributed by atoms with Crippen molar-refractivity contribution in [3.63, 3.8) is 0 Å². The molecule has 3 nitrogen and oxygen atoms in total. The quantitative estimate of drug-likeness (QED) is 0.408. The molecule has 1 atom stereocenters. The summed E-state index contributed by atoms with van der Waals surface area (Å²) in [7, 11) is 0. The molecule has 0 aliphatic heterocycles. The van der Waals surface area contributed by atoms with Gasteiger partial charge in [-0.2, -0.15) is 0 Å². The summed E-state index contributed by atoms with van der Waals surface area (Å²) in [6, 6.07) is 0. The number of aliphatic hydroxyl groups is 2. The highest BCUT2D eigenvalue weighted by molar-refractivity contribution is 4.70. The van der Waals surface area contributed by atoms with E-state index in [1.54, 1.807) is 0 Å². The maximum absolute atomic E-state index is 8.76. The Balaban J connectivity index is 3.36. The predicted octanol–water partition coefficient (Wildman–Crippen LogP) is -1.31. The largest absolute Gasteiger partial charge is 0.393 e. The van der Waals surface area contributed by atoms with Gasteiger partial charge in [0.05, 0.1) is 12.2 Å². The second kappa shape index (κ2) is 2.26. The summed E-state index contributed by atoms with van der Waals surface area (Å²) >= 11 is 0. The summed E-state index contributed by atoms with van der Waals surface area (Å²) in [6.45, 7) is 1.31. The third-order valence-corrected chi connectivity index (χ3v) is 0.780. The fourth-order valence-corrected chi connectivity index (χ4v) is 0.0645. The molecule has 0 saturated heterocycles. The molecule has 0 heterocycles. The lowest BCUT2D eigenvalue weighted by Gasteiger charge is -2.15. The zero-order chi connectivity index (χ0) is 5.91. The molecule has 0 radical (unpaired) electrons. The Kier molecular flexibility index (Phi) is 2.22. The van der Waals surface area contributed by atoms with Gasteiger partial charge < -0.3 is 15.9 Å². The Labute approximate surface area is 42.8 Å². The Hall–Kier alpha value is -0.120. The zero-order valence-corrected chi connectivity index (χ0v) is 4.39. The van der Waals surface area contributed by atoms with Crippen molar-refractivity contribution in [1.29, 1.82) is 0 Å². The minimum atomic E-state index is -1.08. The average Bonchev–Trinajstić information content (AvgIpc) is 1.68. The van der Waals surface area contributed by atoms with E-state index in [4.69, 9.17) is 15.9 Å². The first-order chi connectivity index (χ1) is 3.12. The van der Waals surface area contributed by atoms with E-state index in [9.17, 15) is 0 Å². The molecule has 0 bridgehead atoms. The molecular weight excluding hydrogens is 94.0 g/mol. The van der Waals surface area contributed by atoms with Crippen LogP contribution in [-0.4, -0.2) is 29.0 Å². The molecule has 0 aromatic heterocycles. The monoisotopic (exact) mass is 105 g/mol. The average molecular weight is 105 g/mol. The van der Waals surface area contributed by atoms with E-state index in [1.165, 1.54) is 6.92 Å². The van der Waals surface area contributed by atoms with E-state index >= 15 is 0 Å². The smallest absolute Gasteiger partial charge is 0.0970 e. The van der Waals surface area contributed by atoms with Crippen LogP contribution in [-0.2, 0) is 0 Å². The second-order valence-corrected chi connectivity index (χ2v) is 1.86. The normalized spacial score (nSPS) is 18.9. The first-order valence-electron chi connectivity index (χ1n) is 2.16. The van der Waals surface area contributed by atoms with Crippen LogP contribution in [0.1, 0.15) is 6.92 Å². The summed E-state index contributed by atoms with van der Waals surface area (Å²) in [5, 5.41) is 17.0. The maximum atomic E-state index is 8.76. The highest BCUT2D eigenvalue weighted by Crippen LogP contribution is 1.94. The SMILES string of the molecule is CC(O)(CN)CO. The molecule has 0 spiro atoms. The van der Waals surface area contributed by atoms with Crippen molar-refractivity contribution >= 4 is 0 Å². The Morgan fingerprint density at radius 3 is 2.14 bits per heavy atom. The van der Waals surface area contributed by atoms with Crippen molar-refractivity contribution in [3.05, 3.63) is 0 Å². The van der Waals surface area contributed by atoms with Gasteiger partial charge in [-0.25, -0.2) is 0 Å². The first-order valence-corrected chi connectivity index (χ1v) is 2.16. The van der Waals surface area contributed by atoms with Crippen LogP contribution in [0.15, 0.2) is 0 Å². The highest BCUT2D eigenvalue weighted by atomic mass is 16.3. The summed E-state index contributed by atoms with van der Waals surface area (Å²) in [6.07, 6.45) is 0.